The number of nitrogens with zero attached hydrogens (tertiary/aromatic N) is 2. The van der Waals surface area contributed by atoms with E-state index in [0.29, 0.717) is 0 Å². The van der Waals surface area contributed by atoms with Gasteiger partial charge in [-0.1, -0.05) is 237 Å². The Bertz CT molecular complexity index is 4370. The van der Waals surface area contributed by atoms with Crippen LogP contribution >= 0.6 is 0 Å². The minimum absolute atomic E-state index is 0.789. The fraction of sp³-hybridized carbons (Fsp3) is 0. The third-order valence-corrected chi connectivity index (χ3v) is 14.5. The number of benzene rings is 12. The highest BCUT2D eigenvalue weighted by Crippen LogP contribution is 2.57. The van der Waals surface area contributed by atoms with Crippen LogP contribution in [0.1, 0.15) is 0 Å². The van der Waals surface area contributed by atoms with Gasteiger partial charge in [-0.15, -0.1) is 0 Å². The molecular formula is C70H46N2O2. The fourth-order valence-electron chi connectivity index (χ4n) is 11.2. The lowest BCUT2D eigenvalue weighted by molar-refractivity contribution is 0.668. The van der Waals surface area contributed by atoms with Gasteiger partial charge in [-0.2, -0.15) is 0 Å². The molecule has 0 spiro atoms. The van der Waals surface area contributed by atoms with Crippen molar-refractivity contribution in [3.63, 3.8) is 0 Å². The van der Waals surface area contributed by atoms with Gasteiger partial charge in [0.1, 0.15) is 11.2 Å². The van der Waals surface area contributed by atoms with Crippen molar-refractivity contribution in [1.29, 1.82) is 0 Å². The van der Waals surface area contributed by atoms with Crippen molar-refractivity contribution in [3.8, 4) is 44.5 Å². The fourth-order valence-corrected chi connectivity index (χ4v) is 11.2. The van der Waals surface area contributed by atoms with E-state index in [9.17, 15) is 0 Å². The first-order valence-corrected chi connectivity index (χ1v) is 25.2. The molecule has 0 amide bonds. The molecule has 0 saturated carbocycles. The first-order chi connectivity index (χ1) is 36.8. The number of fused-ring (bicyclic) bond motifs is 7. The van der Waals surface area contributed by atoms with Crippen LogP contribution < -0.4 is 9.80 Å². The van der Waals surface area contributed by atoms with E-state index in [0.717, 1.165) is 133 Å². The van der Waals surface area contributed by atoms with E-state index in [1.165, 1.54) is 0 Å². The monoisotopic (exact) mass is 946 g/mol. The Kier molecular flexibility index (Phi) is 10.5. The lowest BCUT2D eigenvalue weighted by Crippen LogP contribution is -2.19. The van der Waals surface area contributed by atoms with Crippen LogP contribution in [0.5, 0.6) is 0 Å². The molecule has 0 aliphatic heterocycles. The van der Waals surface area contributed by atoms with Crippen molar-refractivity contribution in [2.45, 2.75) is 0 Å². The maximum atomic E-state index is 7.12. The zero-order chi connectivity index (χ0) is 49.0. The molecule has 0 aliphatic rings. The highest BCUT2D eigenvalue weighted by molar-refractivity contribution is 6.21. The Balaban J connectivity index is 1.22. The molecule has 74 heavy (non-hydrogen) atoms. The van der Waals surface area contributed by atoms with Crippen molar-refractivity contribution in [2.24, 2.45) is 0 Å². The maximum Gasteiger partial charge on any atom is 0.159 e. The highest BCUT2D eigenvalue weighted by atomic mass is 16.3. The molecule has 4 nitrogen and oxygen atoms in total. The van der Waals surface area contributed by atoms with Crippen LogP contribution in [0.15, 0.2) is 288 Å². The van der Waals surface area contributed by atoms with Crippen molar-refractivity contribution in [2.75, 3.05) is 9.80 Å². The van der Waals surface area contributed by atoms with E-state index in [1.807, 2.05) is 12.1 Å². The number of anilines is 6. The van der Waals surface area contributed by atoms with Crippen molar-refractivity contribution < 1.29 is 8.83 Å². The summed E-state index contributed by atoms with van der Waals surface area (Å²) in [7, 11) is 0. The third-order valence-electron chi connectivity index (χ3n) is 14.5. The molecule has 0 bridgehead atoms. The van der Waals surface area contributed by atoms with Gasteiger partial charge in [-0.05, 0) is 81.2 Å². The molecule has 12 aromatic carbocycles. The smallest absolute Gasteiger partial charge is 0.159 e. The minimum atomic E-state index is 0.789. The summed E-state index contributed by atoms with van der Waals surface area (Å²) >= 11 is 0. The van der Waals surface area contributed by atoms with Gasteiger partial charge in [0.15, 0.2) is 11.2 Å². The normalized spacial score (nSPS) is 11.5. The summed E-state index contributed by atoms with van der Waals surface area (Å²) in [5.41, 5.74) is 17.7. The summed E-state index contributed by atoms with van der Waals surface area (Å²) in [6.45, 7) is 0. The summed E-state index contributed by atoms with van der Waals surface area (Å²) in [4.78, 5) is 4.94. The second-order valence-corrected chi connectivity index (χ2v) is 18.7. The Morgan fingerprint density at radius 1 is 0.230 bits per heavy atom. The van der Waals surface area contributed by atoms with Crippen molar-refractivity contribution in [3.05, 3.63) is 279 Å². The first kappa shape index (κ1) is 42.9. The summed E-state index contributed by atoms with van der Waals surface area (Å²) in [6.07, 6.45) is 0. The highest BCUT2D eigenvalue weighted by Gasteiger charge is 2.32. The summed E-state index contributed by atoms with van der Waals surface area (Å²) in [5.74, 6) is 0. The van der Waals surface area contributed by atoms with Gasteiger partial charge in [0.2, 0.25) is 0 Å². The lowest BCUT2D eigenvalue weighted by Gasteiger charge is -2.36. The van der Waals surface area contributed by atoms with Crippen molar-refractivity contribution >= 4 is 88.8 Å². The molecule has 4 heteroatoms. The van der Waals surface area contributed by atoms with Gasteiger partial charge >= 0.3 is 0 Å². The van der Waals surface area contributed by atoms with Crippen molar-refractivity contribution in [1.82, 2.24) is 0 Å². The third kappa shape index (κ3) is 7.15. The van der Waals surface area contributed by atoms with Crippen LogP contribution in [-0.2, 0) is 0 Å². The summed E-state index contributed by atoms with van der Waals surface area (Å²) in [5, 5.41) is 6.38. The predicted molar refractivity (Wildman–Crippen MR) is 310 cm³/mol. The molecule has 2 aromatic heterocycles. The molecule has 14 aromatic rings. The predicted octanol–water partition coefficient (Wildman–Crippen LogP) is 20.2. The molecule has 0 radical (unpaired) electrons. The van der Waals surface area contributed by atoms with E-state index >= 15 is 0 Å². The molecule has 0 unspecified atom stereocenters. The number of hydrogen-bond donors (Lipinski definition) is 0. The summed E-state index contributed by atoms with van der Waals surface area (Å²) < 4.78 is 14.2. The van der Waals surface area contributed by atoms with E-state index < -0.39 is 0 Å². The Morgan fingerprint density at radius 2 is 0.581 bits per heavy atom. The van der Waals surface area contributed by atoms with E-state index in [2.05, 4.69) is 277 Å². The summed E-state index contributed by atoms with van der Waals surface area (Å²) in [6, 6.07) is 99.8. The molecule has 0 aliphatic carbocycles. The molecule has 14 rings (SSSR count). The van der Waals surface area contributed by atoms with Crippen LogP contribution in [0.2, 0.25) is 0 Å². The number of rotatable bonds is 10. The van der Waals surface area contributed by atoms with Gasteiger partial charge in [-0.3, -0.25) is 0 Å². The minimum Gasteiger partial charge on any atom is -0.454 e. The molecule has 348 valence electrons. The second kappa shape index (κ2) is 18.1. The topological polar surface area (TPSA) is 32.8 Å². The van der Waals surface area contributed by atoms with E-state index in [-0.39, 0.29) is 0 Å². The van der Waals surface area contributed by atoms with Gasteiger partial charge in [0, 0.05) is 38.1 Å². The van der Waals surface area contributed by atoms with Gasteiger partial charge in [0.05, 0.1) is 34.1 Å². The number of para-hydroxylation sites is 6. The molecule has 0 atom stereocenters. The van der Waals surface area contributed by atoms with E-state index in [1.54, 1.807) is 0 Å². The van der Waals surface area contributed by atoms with Gasteiger partial charge in [0.25, 0.3) is 0 Å². The Morgan fingerprint density at radius 3 is 1.11 bits per heavy atom. The number of furan rings is 2. The lowest BCUT2D eigenvalue weighted by atomic mass is 9.88. The SMILES string of the molecule is c1ccc(-c2ccccc2N(c2cc(-c3ccccc3)c3c(-c4ccccc4)cccc3c2N(c2ccccc2-c2ccccc2)c2cccc3c2oc2ccccc23)c2cccc3c2oc2ccccc23)cc1. The largest absolute Gasteiger partial charge is 0.454 e. The van der Waals surface area contributed by atoms with Gasteiger partial charge in [-0.25, -0.2) is 0 Å². The zero-order valence-corrected chi connectivity index (χ0v) is 40.3. The zero-order valence-electron chi connectivity index (χ0n) is 40.3. The average molecular weight is 947 g/mol. The van der Waals surface area contributed by atoms with Crippen LogP contribution in [-0.4, -0.2) is 0 Å². The molecule has 2 heterocycles. The Hall–Kier alpha value is -9.90. The molecule has 0 fully saturated rings. The number of hydrogen-bond acceptors (Lipinski definition) is 4. The van der Waals surface area contributed by atoms with E-state index in [4.69, 9.17) is 8.83 Å². The standard InChI is InChI=1S/C70H46N2O2/c1-5-24-47(25-6-1)51-32-13-17-40-60(51)71(62-42-22-37-56-54-34-15-19-44-65(54)73-69(56)62)64-46-59(50-30-11-4-12-31-50)67-53(49-28-9-3-10-29-49)36-21-39-58(67)68(64)72(61-41-18-14-33-52(61)48-26-7-2-8-27-48)63-43-23-38-57-55-35-16-20-45-66(55)74-70(57)63/h1-46H. The second-order valence-electron chi connectivity index (χ2n) is 18.7. The molecule has 0 N–H and O–H groups in total. The van der Waals surface area contributed by atoms with Gasteiger partial charge < -0.3 is 18.6 Å². The quantitative estimate of drug-likeness (QED) is 0.137. The average Bonchev–Trinajstić information content (AvgIpc) is 4.10. The van der Waals surface area contributed by atoms with Crippen LogP contribution in [0, 0.1) is 0 Å². The van der Waals surface area contributed by atoms with Crippen LogP contribution in [0.3, 0.4) is 0 Å². The van der Waals surface area contributed by atoms with Crippen LogP contribution in [0.4, 0.5) is 34.1 Å². The van der Waals surface area contributed by atoms with Crippen LogP contribution in [0.25, 0.3) is 99.2 Å². The first-order valence-electron chi connectivity index (χ1n) is 25.2. The molecule has 0 saturated heterocycles. The maximum absolute atomic E-state index is 7.12. The Labute approximate surface area is 428 Å². The molecular weight excluding hydrogens is 901 g/mol.